The Bertz CT molecular complexity index is 313. The van der Waals surface area contributed by atoms with Crippen LogP contribution in [0, 0.1) is 0 Å². The van der Waals surface area contributed by atoms with Crippen LogP contribution in [0.25, 0.3) is 0 Å². The molecule has 16 heavy (non-hydrogen) atoms. The van der Waals surface area contributed by atoms with Gasteiger partial charge >= 0.3 is 6.18 Å². The third kappa shape index (κ3) is 4.79. The fourth-order valence-electron chi connectivity index (χ4n) is 0.948. The Morgan fingerprint density at radius 2 is 2.19 bits per heavy atom. The highest BCUT2D eigenvalue weighted by Crippen LogP contribution is 2.25. The van der Waals surface area contributed by atoms with Crippen molar-refractivity contribution in [3.8, 4) is 0 Å². The maximum absolute atomic E-state index is 12.0. The van der Waals surface area contributed by atoms with E-state index in [-0.39, 0.29) is 5.16 Å². The molecule has 0 atom stereocenters. The van der Waals surface area contributed by atoms with E-state index in [0.29, 0.717) is 24.9 Å². The first kappa shape index (κ1) is 13.2. The summed E-state index contributed by atoms with van der Waals surface area (Å²) in [5.41, 5.74) is 0. The lowest BCUT2D eigenvalue weighted by Gasteiger charge is -2.06. The summed E-state index contributed by atoms with van der Waals surface area (Å²) in [6.45, 7) is 3.83. The summed E-state index contributed by atoms with van der Waals surface area (Å²) in [7, 11) is 0. The third-order valence-electron chi connectivity index (χ3n) is 1.61. The molecule has 0 aliphatic rings. The number of tetrazole rings is 1. The average molecular weight is 255 g/mol. The molecule has 0 aliphatic heterocycles. The molecule has 0 fully saturated rings. The van der Waals surface area contributed by atoms with Gasteiger partial charge in [-0.15, -0.1) is 5.10 Å². The van der Waals surface area contributed by atoms with Crippen molar-refractivity contribution in [3.05, 3.63) is 0 Å². The van der Waals surface area contributed by atoms with Crippen molar-refractivity contribution in [3.63, 3.8) is 0 Å². The van der Waals surface area contributed by atoms with Gasteiger partial charge in [-0.2, -0.15) is 13.2 Å². The Morgan fingerprint density at radius 3 is 2.81 bits per heavy atom. The summed E-state index contributed by atoms with van der Waals surface area (Å²) in [6.07, 6.45) is -4.21. The standard InChI is InChI=1S/C7H12F3N5S/c1-2-11-3-4-15-6(12-13-14-15)16-5-7(8,9)10/h11H,2-5H2,1H3. The minimum atomic E-state index is -4.21. The molecule has 0 radical (unpaired) electrons. The van der Waals surface area contributed by atoms with Crippen LogP contribution in [0.15, 0.2) is 5.16 Å². The van der Waals surface area contributed by atoms with E-state index in [1.54, 1.807) is 0 Å². The van der Waals surface area contributed by atoms with Crippen LogP contribution in [0.2, 0.25) is 0 Å². The normalized spacial score (nSPS) is 12.0. The molecule has 0 saturated carbocycles. The number of aromatic nitrogens is 4. The molecule has 0 aliphatic carbocycles. The van der Waals surface area contributed by atoms with Gasteiger partial charge in [-0.1, -0.05) is 18.7 Å². The highest BCUT2D eigenvalue weighted by molar-refractivity contribution is 7.99. The molecule has 0 bridgehead atoms. The smallest absolute Gasteiger partial charge is 0.315 e. The number of likely N-dealkylation sites (N-methyl/N-ethyl adjacent to an activating group) is 1. The van der Waals surface area contributed by atoms with E-state index >= 15 is 0 Å². The van der Waals surface area contributed by atoms with Crippen molar-refractivity contribution in [2.24, 2.45) is 0 Å². The maximum Gasteiger partial charge on any atom is 0.398 e. The lowest BCUT2D eigenvalue weighted by Crippen LogP contribution is -2.20. The summed E-state index contributed by atoms with van der Waals surface area (Å²) in [5.74, 6) is -0.978. The first-order chi connectivity index (χ1) is 7.53. The van der Waals surface area contributed by atoms with E-state index < -0.39 is 11.9 Å². The number of rotatable bonds is 6. The zero-order valence-electron chi connectivity index (χ0n) is 8.66. The van der Waals surface area contributed by atoms with Crippen LogP contribution < -0.4 is 5.32 Å². The number of hydrogen-bond acceptors (Lipinski definition) is 5. The van der Waals surface area contributed by atoms with Gasteiger partial charge < -0.3 is 5.32 Å². The van der Waals surface area contributed by atoms with Crippen LogP contribution in [-0.2, 0) is 6.54 Å². The van der Waals surface area contributed by atoms with Crippen molar-refractivity contribution in [2.75, 3.05) is 18.8 Å². The molecule has 0 amide bonds. The number of halogens is 3. The van der Waals surface area contributed by atoms with Gasteiger partial charge in [0.2, 0.25) is 5.16 Å². The minimum absolute atomic E-state index is 0.190. The lowest BCUT2D eigenvalue weighted by molar-refractivity contribution is -0.105. The number of thioether (sulfide) groups is 1. The van der Waals surface area contributed by atoms with Crippen LogP contribution in [-0.4, -0.2) is 45.2 Å². The van der Waals surface area contributed by atoms with E-state index in [4.69, 9.17) is 0 Å². The van der Waals surface area contributed by atoms with Crippen LogP contribution >= 0.6 is 11.8 Å². The highest BCUT2D eigenvalue weighted by Gasteiger charge is 2.28. The van der Waals surface area contributed by atoms with Crippen molar-refractivity contribution in [2.45, 2.75) is 24.8 Å². The Morgan fingerprint density at radius 1 is 1.44 bits per heavy atom. The molecule has 1 aromatic heterocycles. The van der Waals surface area contributed by atoms with Crippen LogP contribution in [0.5, 0.6) is 0 Å². The quantitative estimate of drug-likeness (QED) is 0.605. The zero-order chi connectivity index (χ0) is 12.0. The SMILES string of the molecule is CCNCCn1nnnc1SCC(F)(F)F. The number of hydrogen-bond donors (Lipinski definition) is 1. The van der Waals surface area contributed by atoms with Crippen molar-refractivity contribution < 1.29 is 13.2 Å². The van der Waals surface area contributed by atoms with Crippen LogP contribution in [0.4, 0.5) is 13.2 Å². The van der Waals surface area contributed by atoms with E-state index in [1.165, 1.54) is 4.68 Å². The molecule has 0 unspecified atom stereocenters. The van der Waals surface area contributed by atoms with Gasteiger partial charge in [-0.05, 0) is 17.0 Å². The summed E-state index contributed by atoms with van der Waals surface area (Å²) in [4.78, 5) is 0. The second-order valence-electron chi connectivity index (χ2n) is 2.94. The van der Waals surface area contributed by atoms with E-state index in [1.807, 2.05) is 6.92 Å². The molecule has 1 N–H and O–H groups in total. The molecule has 1 aromatic rings. The molecule has 92 valence electrons. The summed E-state index contributed by atoms with van der Waals surface area (Å²) >= 11 is 0.593. The average Bonchev–Trinajstić information content (AvgIpc) is 2.62. The molecule has 0 aromatic carbocycles. The Labute approximate surface area is 94.8 Å². The van der Waals surface area contributed by atoms with Gasteiger partial charge in [-0.25, -0.2) is 4.68 Å². The number of nitrogens with one attached hydrogen (secondary N) is 1. The van der Waals surface area contributed by atoms with Crippen LogP contribution in [0.3, 0.4) is 0 Å². The minimum Gasteiger partial charge on any atom is -0.315 e. The zero-order valence-corrected chi connectivity index (χ0v) is 9.48. The topological polar surface area (TPSA) is 55.6 Å². The fourth-order valence-corrected chi connectivity index (χ4v) is 1.61. The Kier molecular flexibility index (Phi) is 5.00. The first-order valence-electron chi connectivity index (χ1n) is 4.69. The monoisotopic (exact) mass is 255 g/mol. The summed E-state index contributed by atoms with van der Waals surface area (Å²) in [6, 6.07) is 0. The second-order valence-corrected chi connectivity index (χ2v) is 3.88. The molecule has 9 heteroatoms. The van der Waals surface area contributed by atoms with Crippen molar-refractivity contribution >= 4 is 11.8 Å². The predicted octanol–water partition coefficient (Wildman–Crippen LogP) is 0.937. The van der Waals surface area contributed by atoms with E-state index in [0.717, 1.165) is 6.54 Å². The van der Waals surface area contributed by atoms with Gasteiger partial charge in [0.1, 0.15) is 0 Å². The van der Waals surface area contributed by atoms with Gasteiger partial charge in [-0.3, -0.25) is 0 Å². The van der Waals surface area contributed by atoms with Gasteiger partial charge in [0, 0.05) is 6.54 Å². The van der Waals surface area contributed by atoms with E-state index in [9.17, 15) is 13.2 Å². The molecule has 1 heterocycles. The highest BCUT2D eigenvalue weighted by atomic mass is 32.2. The Balaban J connectivity index is 2.44. The maximum atomic E-state index is 12.0. The van der Waals surface area contributed by atoms with Crippen molar-refractivity contribution in [1.82, 2.24) is 25.5 Å². The summed E-state index contributed by atoms with van der Waals surface area (Å²) < 4.78 is 37.3. The third-order valence-corrected chi connectivity index (χ3v) is 2.64. The van der Waals surface area contributed by atoms with Gasteiger partial charge in [0.25, 0.3) is 0 Å². The molecular formula is C7H12F3N5S. The molecule has 0 saturated heterocycles. The molecular weight excluding hydrogens is 243 g/mol. The van der Waals surface area contributed by atoms with Crippen LogP contribution in [0.1, 0.15) is 6.92 Å². The van der Waals surface area contributed by atoms with Gasteiger partial charge in [0.15, 0.2) is 0 Å². The second kappa shape index (κ2) is 6.04. The summed E-state index contributed by atoms with van der Waals surface area (Å²) in [5, 5.41) is 13.7. The number of alkyl halides is 3. The largest absolute Gasteiger partial charge is 0.398 e. The predicted molar refractivity (Wildman–Crippen MR) is 53.1 cm³/mol. The lowest BCUT2D eigenvalue weighted by atomic mass is 10.6. The van der Waals surface area contributed by atoms with E-state index in [2.05, 4.69) is 20.8 Å². The molecule has 5 nitrogen and oxygen atoms in total. The molecule has 1 rings (SSSR count). The molecule has 0 spiro atoms. The van der Waals surface area contributed by atoms with Gasteiger partial charge in [0.05, 0.1) is 12.3 Å². The number of nitrogens with zero attached hydrogens (tertiary/aromatic N) is 4. The first-order valence-corrected chi connectivity index (χ1v) is 5.68. The Hall–Kier alpha value is -0.830. The van der Waals surface area contributed by atoms with Crippen molar-refractivity contribution in [1.29, 1.82) is 0 Å². The fraction of sp³-hybridized carbons (Fsp3) is 0.857.